The largest absolute Gasteiger partial charge is 0.494 e. The van der Waals surface area contributed by atoms with Gasteiger partial charge in [-0.1, -0.05) is 60.7 Å². The molecule has 3 aromatic carbocycles. The van der Waals surface area contributed by atoms with Crippen LogP contribution in [-0.4, -0.2) is 67.3 Å². The molecule has 6 heteroatoms. The number of terminal acetylenes is 1. The van der Waals surface area contributed by atoms with E-state index in [2.05, 4.69) is 86.0 Å². The van der Waals surface area contributed by atoms with Crippen LogP contribution in [0.5, 0.6) is 5.75 Å². The molecule has 1 aliphatic heterocycles. The van der Waals surface area contributed by atoms with Crippen LogP contribution < -0.4 is 9.64 Å². The summed E-state index contributed by atoms with van der Waals surface area (Å²) < 4.78 is 8.29. The summed E-state index contributed by atoms with van der Waals surface area (Å²) in [6.45, 7) is 8.70. The summed E-state index contributed by atoms with van der Waals surface area (Å²) in [5, 5.41) is 2.12. The molecular weight excluding hydrogens is 540 g/mol. The van der Waals surface area contributed by atoms with E-state index in [1.165, 1.54) is 53.5 Å². The fraction of sp³-hybridized carbons (Fsp3) is 0.389. The standard InChI is InChI=1S/C36H43ClN4O/c1-3-19-38(2)28-30-14-16-33(17-15-30)42-26-7-5-4-6-20-39-22-24-40(25-23-39)35-12-9-13-36-34(35)18-21-41(36)29-31-10-8-11-32(37)27-31/h1,8-18,21,27H,4-7,19-20,22-26,28-29H2,2H3. The zero-order valence-corrected chi connectivity index (χ0v) is 25.6. The van der Waals surface area contributed by atoms with Crippen molar-refractivity contribution in [1.29, 1.82) is 0 Å². The van der Waals surface area contributed by atoms with E-state index in [4.69, 9.17) is 22.8 Å². The Morgan fingerprint density at radius 3 is 2.45 bits per heavy atom. The molecule has 0 N–H and O–H groups in total. The zero-order valence-electron chi connectivity index (χ0n) is 24.9. The van der Waals surface area contributed by atoms with Crippen molar-refractivity contribution in [2.75, 3.05) is 57.8 Å². The number of rotatable bonds is 14. The molecule has 1 aromatic heterocycles. The van der Waals surface area contributed by atoms with Crippen LogP contribution in [0.3, 0.4) is 0 Å². The molecule has 42 heavy (non-hydrogen) atoms. The smallest absolute Gasteiger partial charge is 0.119 e. The highest BCUT2D eigenvalue weighted by atomic mass is 35.5. The second-order valence-corrected chi connectivity index (χ2v) is 11.8. The molecule has 0 aliphatic carbocycles. The molecule has 1 saturated heterocycles. The number of halogens is 1. The fourth-order valence-electron chi connectivity index (χ4n) is 5.86. The molecular formula is C36H43ClN4O. The molecule has 0 radical (unpaired) electrons. The lowest BCUT2D eigenvalue weighted by molar-refractivity contribution is 0.249. The SMILES string of the molecule is C#CCN(C)Cc1ccc(OCCCCCCN2CCN(c3cccc4c3ccn4Cc3cccc(Cl)c3)CC2)cc1. The molecule has 0 bridgehead atoms. The quantitative estimate of drug-likeness (QED) is 0.116. The maximum absolute atomic E-state index is 6.21. The maximum Gasteiger partial charge on any atom is 0.119 e. The average Bonchev–Trinajstić information content (AvgIpc) is 3.41. The lowest BCUT2D eigenvalue weighted by Crippen LogP contribution is -2.46. The van der Waals surface area contributed by atoms with Crippen LogP contribution in [0.2, 0.25) is 5.02 Å². The van der Waals surface area contributed by atoms with E-state index in [0.29, 0.717) is 6.54 Å². The molecule has 1 aliphatic rings. The van der Waals surface area contributed by atoms with Crippen molar-refractivity contribution < 1.29 is 4.74 Å². The first-order valence-corrected chi connectivity index (χ1v) is 15.6. The predicted molar refractivity (Wildman–Crippen MR) is 177 cm³/mol. The Morgan fingerprint density at radius 2 is 1.67 bits per heavy atom. The van der Waals surface area contributed by atoms with E-state index < -0.39 is 0 Å². The van der Waals surface area contributed by atoms with Crippen LogP contribution in [0.25, 0.3) is 10.9 Å². The first-order chi connectivity index (χ1) is 20.6. The van der Waals surface area contributed by atoms with E-state index in [9.17, 15) is 0 Å². The second-order valence-electron chi connectivity index (χ2n) is 11.4. The summed E-state index contributed by atoms with van der Waals surface area (Å²) in [7, 11) is 2.04. The van der Waals surface area contributed by atoms with Gasteiger partial charge in [0.15, 0.2) is 0 Å². The third kappa shape index (κ3) is 8.32. The minimum atomic E-state index is 0.660. The van der Waals surface area contributed by atoms with Crippen molar-refractivity contribution in [3.05, 3.63) is 95.1 Å². The summed E-state index contributed by atoms with van der Waals surface area (Å²) in [5.41, 5.74) is 5.10. The summed E-state index contributed by atoms with van der Waals surface area (Å²) in [4.78, 5) is 7.31. The van der Waals surface area contributed by atoms with Crippen molar-refractivity contribution in [2.45, 2.75) is 38.8 Å². The van der Waals surface area contributed by atoms with Gasteiger partial charge in [-0.25, -0.2) is 0 Å². The topological polar surface area (TPSA) is 23.9 Å². The molecule has 0 atom stereocenters. The number of piperazine rings is 1. The van der Waals surface area contributed by atoms with Gasteiger partial charge in [0.25, 0.3) is 0 Å². The minimum absolute atomic E-state index is 0.660. The van der Waals surface area contributed by atoms with Gasteiger partial charge in [-0.3, -0.25) is 9.80 Å². The lowest BCUT2D eigenvalue weighted by Gasteiger charge is -2.36. The van der Waals surface area contributed by atoms with Gasteiger partial charge in [0.05, 0.1) is 18.7 Å². The Morgan fingerprint density at radius 1 is 0.881 bits per heavy atom. The Kier molecular flexibility index (Phi) is 10.8. The van der Waals surface area contributed by atoms with Gasteiger partial charge in [-0.2, -0.15) is 0 Å². The van der Waals surface area contributed by atoms with Crippen LogP contribution in [0.1, 0.15) is 36.8 Å². The summed E-state index contributed by atoms with van der Waals surface area (Å²) in [6.07, 6.45) is 12.4. The van der Waals surface area contributed by atoms with Crippen molar-refractivity contribution >= 4 is 28.2 Å². The highest BCUT2D eigenvalue weighted by molar-refractivity contribution is 6.30. The molecule has 5 rings (SSSR count). The van der Waals surface area contributed by atoms with E-state index >= 15 is 0 Å². The van der Waals surface area contributed by atoms with Crippen LogP contribution >= 0.6 is 11.6 Å². The highest BCUT2D eigenvalue weighted by Crippen LogP contribution is 2.29. The molecule has 0 saturated carbocycles. The Hall–Kier alpha value is -3.43. The number of hydrogen-bond donors (Lipinski definition) is 0. The van der Waals surface area contributed by atoms with Crippen LogP contribution in [-0.2, 0) is 13.1 Å². The van der Waals surface area contributed by atoms with E-state index in [1.807, 2.05) is 25.2 Å². The Bertz CT molecular complexity index is 1450. The molecule has 0 unspecified atom stereocenters. The van der Waals surface area contributed by atoms with Gasteiger partial charge in [-0.05, 0) is 80.0 Å². The van der Waals surface area contributed by atoms with Crippen LogP contribution in [0.15, 0.2) is 79.0 Å². The monoisotopic (exact) mass is 582 g/mol. The molecule has 5 nitrogen and oxygen atoms in total. The molecule has 2 heterocycles. The summed E-state index contributed by atoms with van der Waals surface area (Å²) in [5.74, 6) is 3.63. The molecule has 1 fully saturated rings. The van der Waals surface area contributed by atoms with E-state index in [1.54, 1.807) is 0 Å². The van der Waals surface area contributed by atoms with Gasteiger partial charge in [0.1, 0.15) is 5.75 Å². The van der Waals surface area contributed by atoms with Gasteiger partial charge in [0.2, 0.25) is 0 Å². The first-order valence-electron chi connectivity index (χ1n) is 15.2. The Balaban J connectivity index is 0.988. The lowest BCUT2D eigenvalue weighted by atomic mass is 10.1. The number of nitrogens with zero attached hydrogens (tertiary/aromatic N) is 4. The van der Waals surface area contributed by atoms with Crippen molar-refractivity contribution in [3.63, 3.8) is 0 Å². The number of anilines is 1. The van der Waals surface area contributed by atoms with Crippen molar-refractivity contribution in [3.8, 4) is 18.1 Å². The summed E-state index contributed by atoms with van der Waals surface area (Å²) >= 11 is 6.21. The van der Waals surface area contributed by atoms with Gasteiger partial charge < -0.3 is 14.2 Å². The van der Waals surface area contributed by atoms with Crippen LogP contribution in [0, 0.1) is 12.3 Å². The van der Waals surface area contributed by atoms with Gasteiger partial charge >= 0.3 is 0 Å². The predicted octanol–water partition coefficient (Wildman–Crippen LogP) is 7.17. The average molecular weight is 583 g/mol. The molecule has 220 valence electrons. The second kappa shape index (κ2) is 15.2. The molecule has 0 amide bonds. The minimum Gasteiger partial charge on any atom is -0.494 e. The maximum atomic E-state index is 6.21. The number of hydrogen-bond acceptors (Lipinski definition) is 4. The van der Waals surface area contributed by atoms with E-state index in [-0.39, 0.29) is 0 Å². The van der Waals surface area contributed by atoms with Gasteiger partial charge in [0, 0.05) is 61.6 Å². The number of benzene rings is 3. The highest BCUT2D eigenvalue weighted by Gasteiger charge is 2.19. The zero-order chi connectivity index (χ0) is 29.1. The third-order valence-corrected chi connectivity index (χ3v) is 8.36. The molecule has 4 aromatic rings. The number of unbranched alkanes of at least 4 members (excludes halogenated alkanes) is 3. The van der Waals surface area contributed by atoms with Crippen molar-refractivity contribution in [2.24, 2.45) is 0 Å². The van der Waals surface area contributed by atoms with Gasteiger partial charge in [-0.15, -0.1) is 6.42 Å². The first kappa shape index (κ1) is 30.0. The van der Waals surface area contributed by atoms with E-state index in [0.717, 1.165) is 63.1 Å². The number of aromatic nitrogens is 1. The number of ether oxygens (including phenoxy) is 1. The Labute approximate surface area is 256 Å². The number of fused-ring (bicyclic) bond motifs is 1. The normalized spacial score (nSPS) is 14.0. The fourth-order valence-corrected chi connectivity index (χ4v) is 6.07. The molecule has 0 spiro atoms. The third-order valence-electron chi connectivity index (χ3n) is 8.12. The van der Waals surface area contributed by atoms with Crippen molar-refractivity contribution in [1.82, 2.24) is 14.4 Å². The van der Waals surface area contributed by atoms with Crippen LogP contribution in [0.4, 0.5) is 5.69 Å². The summed E-state index contributed by atoms with van der Waals surface area (Å²) in [6, 6.07) is 25.5.